The van der Waals surface area contributed by atoms with Gasteiger partial charge in [-0.15, -0.1) is 0 Å². The van der Waals surface area contributed by atoms with Crippen LogP contribution in [0.15, 0.2) is 40.0 Å². The molecular weight excluding hydrogens is 324 g/mol. The van der Waals surface area contributed by atoms with Crippen LogP contribution < -0.4 is 10.9 Å². The number of fused-ring (bicyclic) bond motifs is 1. The Balaban J connectivity index is 1.61. The van der Waals surface area contributed by atoms with E-state index >= 15 is 0 Å². The molecule has 0 aliphatic carbocycles. The summed E-state index contributed by atoms with van der Waals surface area (Å²) >= 11 is 0. The number of amides is 1. The van der Waals surface area contributed by atoms with Gasteiger partial charge in [-0.3, -0.25) is 9.59 Å². The third-order valence-corrected chi connectivity index (χ3v) is 4.30. The minimum atomic E-state index is -0.311. The molecule has 1 atom stereocenters. The fraction of sp³-hybridized carbons (Fsp3) is 0.353. The van der Waals surface area contributed by atoms with E-state index in [9.17, 15) is 9.59 Å². The quantitative estimate of drug-likeness (QED) is 0.729. The molecule has 25 heavy (non-hydrogen) atoms. The van der Waals surface area contributed by atoms with Crippen molar-refractivity contribution < 1.29 is 13.9 Å². The van der Waals surface area contributed by atoms with Crippen LogP contribution in [0.25, 0.3) is 11.3 Å². The number of furan rings is 1. The maximum Gasteiger partial charge on any atom is 0.275 e. The summed E-state index contributed by atoms with van der Waals surface area (Å²) in [6, 6.07) is 3.54. The van der Waals surface area contributed by atoms with Gasteiger partial charge in [0, 0.05) is 25.5 Å². The summed E-state index contributed by atoms with van der Waals surface area (Å²) in [7, 11) is 0. The van der Waals surface area contributed by atoms with Crippen LogP contribution in [0.1, 0.15) is 29.0 Å². The molecule has 0 saturated carbocycles. The van der Waals surface area contributed by atoms with Gasteiger partial charge < -0.3 is 19.0 Å². The van der Waals surface area contributed by atoms with Gasteiger partial charge in [0.05, 0.1) is 30.0 Å². The second kappa shape index (κ2) is 6.56. The topological polar surface area (TPSA) is 102 Å². The number of aromatic nitrogens is 3. The lowest BCUT2D eigenvalue weighted by Gasteiger charge is -2.16. The molecule has 0 unspecified atom stereocenters. The molecule has 3 aliphatic heterocycles. The van der Waals surface area contributed by atoms with Crippen molar-refractivity contribution in [2.45, 2.75) is 32.0 Å². The molecular formula is C17H18N4O4. The molecule has 3 aliphatic rings. The maximum atomic E-state index is 12.6. The van der Waals surface area contributed by atoms with Gasteiger partial charge in [-0.25, -0.2) is 5.10 Å². The summed E-state index contributed by atoms with van der Waals surface area (Å²) in [6.07, 6.45) is 7.08. The molecule has 1 fully saturated rings. The van der Waals surface area contributed by atoms with E-state index in [1.165, 1.54) is 0 Å². The van der Waals surface area contributed by atoms with Gasteiger partial charge in [-0.1, -0.05) is 0 Å². The van der Waals surface area contributed by atoms with Crippen LogP contribution >= 0.6 is 0 Å². The largest absolute Gasteiger partial charge is 0.467 e. The van der Waals surface area contributed by atoms with Crippen molar-refractivity contribution in [1.29, 1.82) is 0 Å². The normalized spacial score (nSPS) is 17.2. The number of carbonyl (C=O) groups excluding carboxylic acids is 1. The van der Waals surface area contributed by atoms with Crippen molar-refractivity contribution in [2.75, 3.05) is 6.61 Å². The number of hydrogen-bond acceptors (Lipinski definition) is 5. The van der Waals surface area contributed by atoms with E-state index in [1.54, 1.807) is 30.8 Å². The van der Waals surface area contributed by atoms with Crippen molar-refractivity contribution in [1.82, 2.24) is 20.1 Å². The Morgan fingerprint density at radius 1 is 1.44 bits per heavy atom. The van der Waals surface area contributed by atoms with Crippen LogP contribution in [0, 0.1) is 0 Å². The van der Waals surface area contributed by atoms with Gasteiger partial charge in [0.2, 0.25) is 0 Å². The molecule has 4 heterocycles. The number of nitrogens with one attached hydrogen (secondary N) is 2. The van der Waals surface area contributed by atoms with Crippen molar-refractivity contribution in [3.05, 3.63) is 52.5 Å². The van der Waals surface area contributed by atoms with E-state index < -0.39 is 0 Å². The first kappa shape index (κ1) is 15.6. The summed E-state index contributed by atoms with van der Waals surface area (Å²) < 4.78 is 12.7. The zero-order valence-corrected chi connectivity index (χ0v) is 13.5. The Hall–Kier alpha value is -2.87. The van der Waals surface area contributed by atoms with Crippen molar-refractivity contribution in [3.63, 3.8) is 0 Å². The second-order valence-electron chi connectivity index (χ2n) is 6.08. The van der Waals surface area contributed by atoms with Crippen LogP contribution in [0.2, 0.25) is 0 Å². The second-order valence-corrected chi connectivity index (χ2v) is 6.08. The van der Waals surface area contributed by atoms with E-state index in [4.69, 9.17) is 9.15 Å². The predicted molar refractivity (Wildman–Crippen MR) is 88.3 cm³/mol. The van der Waals surface area contributed by atoms with Gasteiger partial charge in [0.15, 0.2) is 0 Å². The summed E-state index contributed by atoms with van der Waals surface area (Å²) in [6.45, 7) is 1.62. The molecule has 8 nitrogen and oxygen atoms in total. The fourth-order valence-corrected chi connectivity index (χ4v) is 3.06. The molecule has 130 valence electrons. The third-order valence-electron chi connectivity index (χ3n) is 4.30. The minimum Gasteiger partial charge on any atom is -0.467 e. The first-order valence-corrected chi connectivity index (χ1v) is 8.21. The van der Waals surface area contributed by atoms with E-state index in [0.717, 1.165) is 19.4 Å². The van der Waals surface area contributed by atoms with Crippen LogP contribution in [0.5, 0.6) is 0 Å². The summed E-state index contributed by atoms with van der Waals surface area (Å²) in [5, 5.41) is 9.19. The average Bonchev–Trinajstić information content (AvgIpc) is 3.36. The number of aromatic amines is 1. The smallest absolute Gasteiger partial charge is 0.275 e. The fourth-order valence-electron chi connectivity index (χ4n) is 3.06. The average molecular weight is 342 g/mol. The van der Waals surface area contributed by atoms with Gasteiger partial charge in [-0.2, -0.15) is 5.10 Å². The molecule has 1 amide bonds. The van der Waals surface area contributed by atoms with Crippen LogP contribution in [-0.2, 0) is 17.8 Å². The van der Waals surface area contributed by atoms with Crippen LogP contribution in [0.4, 0.5) is 0 Å². The molecule has 1 aromatic rings. The highest BCUT2D eigenvalue weighted by atomic mass is 16.5. The van der Waals surface area contributed by atoms with E-state index in [2.05, 4.69) is 15.5 Å². The van der Waals surface area contributed by atoms with Crippen molar-refractivity contribution in [3.8, 4) is 11.3 Å². The highest BCUT2D eigenvalue weighted by molar-refractivity contribution is 5.99. The summed E-state index contributed by atoms with van der Waals surface area (Å²) in [5.74, 6) is 0.342. The highest BCUT2D eigenvalue weighted by Crippen LogP contribution is 2.22. The predicted octanol–water partition coefficient (Wildman–Crippen LogP) is 1.38. The van der Waals surface area contributed by atoms with Crippen LogP contribution in [0.3, 0.4) is 0 Å². The Morgan fingerprint density at radius 3 is 3.12 bits per heavy atom. The zero-order valence-electron chi connectivity index (χ0n) is 13.5. The third kappa shape index (κ3) is 3.20. The first-order chi connectivity index (χ1) is 12.2. The van der Waals surface area contributed by atoms with E-state index in [-0.39, 0.29) is 24.1 Å². The molecule has 0 spiro atoms. The summed E-state index contributed by atoms with van der Waals surface area (Å²) in [5.41, 5.74) is 0.798. The number of nitrogens with zero attached hydrogens (tertiary/aromatic N) is 2. The van der Waals surface area contributed by atoms with E-state index in [1.807, 2.05) is 4.57 Å². The maximum absolute atomic E-state index is 12.6. The molecule has 4 rings (SSSR count). The van der Waals surface area contributed by atoms with Gasteiger partial charge in [-0.05, 0) is 25.0 Å². The van der Waals surface area contributed by atoms with Crippen molar-refractivity contribution in [2.24, 2.45) is 0 Å². The van der Waals surface area contributed by atoms with Crippen molar-refractivity contribution >= 4 is 5.91 Å². The lowest BCUT2D eigenvalue weighted by molar-refractivity contribution is 0.0933. The number of hydrogen-bond donors (Lipinski definition) is 2. The molecule has 0 radical (unpaired) electrons. The molecule has 1 saturated heterocycles. The Morgan fingerprint density at radius 2 is 2.36 bits per heavy atom. The number of ether oxygens (including phenoxy) is 1. The zero-order chi connectivity index (χ0) is 17.2. The monoisotopic (exact) mass is 342 g/mol. The van der Waals surface area contributed by atoms with Gasteiger partial charge in [0.1, 0.15) is 11.5 Å². The minimum absolute atomic E-state index is 0.100. The Labute approximate surface area is 143 Å². The first-order valence-electron chi connectivity index (χ1n) is 8.21. The molecule has 1 aromatic heterocycles. The molecule has 2 N–H and O–H groups in total. The number of pyridine rings is 1. The number of H-pyrrole nitrogens is 1. The van der Waals surface area contributed by atoms with E-state index in [0.29, 0.717) is 29.1 Å². The SMILES string of the molecule is O=C(NCc1ccco1)c1cn(C[C@@H]2CCCO2)cc2c(=O)[nH]nc1-2. The standard InChI is InChI=1S/C17H18N4O4/c22-16(18-7-11-3-1-5-24-11)13-9-21(8-12-4-2-6-25-12)10-14-15(13)19-20-17(14)23/h1,3,5,9-10,12H,2,4,6-8H2,(H,18,22)(H,20,23)/t12-/m0/s1. The van der Waals surface area contributed by atoms with Gasteiger partial charge in [0.25, 0.3) is 11.5 Å². The van der Waals surface area contributed by atoms with Crippen LogP contribution in [-0.4, -0.2) is 33.4 Å². The Kier molecular flexibility index (Phi) is 4.10. The molecule has 8 heteroatoms. The molecule has 0 aromatic carbocycles. The highest BCUT2D eigenvalue weighted by Gasteiger charge is 2.23. The van der Waals surface area contributed by atoms with Gasteiger partial charge >= 0.3 is 0 Å². The lowest BCUT2D eigenvalue weighted by atomic mass is 10.1. The number of carbonyl (C=O) groups is 1. The number of rotatable bonds is 5. The summed E-state index contributed by atoms with van der Waals surface area (Å²) in [4.78, 5) is 24.6. The Bertz CT molecular complexity index is 890. The lowest BCUT2D eigenvalue weighted by Crippen LogP contribution is -2.25. The molecule has 0 bridgehead atoms.